The number of aliphatic carboxylic acids is 2. The second-order valence-electron chi connectivity index (χ2n) is 8.78. The summed E-state index contributed by atoms with van der Waals surface area (Å²) in [6.45, 7) is 3.80. The standard InChI is InChI=1S/C22H34N6O7/c1-3-12(2)18(22(34)35)27-19(31)15(9-13-10-24-11-25-13)26-20(32)16-5-4-8-28(16)21(33)14(23)6-7-17(29)30/h10-12,14-16,18H,3-9,23H2,1-2H3,(H,24,25)(H,26,32)(H,27,31)(H,29,30)(H,34,35). The Balaban J connectivity index is 2.15. The van der Waals surface area contributed by atoms with Crippen molar-refractivity contribution >= 4 is 29.7 Å². The molecular formula is C22H34N6O7. The third-order valence-corrected chi connectivity index (χ3v) is 6.21. The molecule has 3 amide bonds. The first-order valence-electron chi connectivity index (χ1n) is 11.6. The van der Waals surface area contributed by atoms with Gasteiger partial charge in [-0.2, -0.15) is 0 Å². The Bertz CT molecular complexity index is 906. The van der Waals surface area contributed by atoms with E-state index in [1.165, 1.54) is 17.4 Å². The van der Waals surface area contributed by atoms with Crippen molar-refractivity contribution in [2.75, 3.05) is 6.54 Å². The number of imidazole rings is 1. The highest BCUT2D eigenvalue weighted by atomic mass is 16.4. The number of carbonyl (C=O) groups is 5. The van der Waals surface area contributed by atoms with E-state index >= 15 is 0 Å². The normalized spacial score (nSPS) is 18.8. The summed E-state index contributed by atoms with van der Waals surface area (Å²) >= 11 is 0. The summed E-state index contributed by atoms with van der Waals surface area (Å²) in [5.74, 6) is -4.36. The zero-order valence-corrected chi connectivity index (χ0v) is 19.9. The van der Waals surface area contributed by atoms with Gasteiger partial charge in [0.15, 0.2) is 0 Å². The predicted molar refractivity (Wildman–Crippen MR) is 123 cm³/mol. The highest BCUT2D eigenvalue weighted by molar-refractivity contribution is 5.94. The summed E-state index contributed by atoms with van der Waals surface area (Å²) in [4.78, 5) is 69.5. The molecule has 194 valence electrons. The van der Waals surface area contributed by atoms with E-state index in [-0.39, 0.29) is 31.7 Å². The number of H-pyrrole nitrogens is 1. The SMILES string of the molecule is CCC(C)C(NC(=O)C(Cc1cnc[nH]1)NC(=O)C1CCCN1C(=O)C(N)CCC(=O)O)C(=O)O. The minimum Gasteiger partial charge on any atom is -0.481 e. The highest BCUT2D eigenvalue weighted by Crippen LogP contribution is 2.20. The Morgan fingerprint density at radius 1 is 1.26 bits per heavy atom. The van der Waals surface area contributed by atoms with Crippen LogP contribution in [0.1, 0.15) is 51.6 Å². The molecule has 0 saturated carbocycles. The lowest BCUT2D eigenvalue weighted by molar-refractivity contribution is -0.144. The maximum Gasteiger partial charge on any atom is 0.326 e. The van der Waals surface area contributed by atoms with Crippen LogP contribution >= 0.6 is 0 Å². The summed E-state index contributed by atoms with van der Waals surface area (Å²) in [5.41, 5.74) is 6.41. The summed E-state index contributed by atoms with van der Waals surface area (Å²) in [6, 6.07) is -4.19. The topological polar surface area (TPSA) is 208 Å². The number of hydrogen-bond donors (Lipinski definition) is 6. The molecule has 0 radical (unpaired) electrons. The van der Waals surface area contributed by atoms with Crippen molar-refractivity contribution in [3.8, 4) is 0 Å². The van der Waals surface area contributed by atoms with Gasteiger partial charge in [-0.05, 0) is 25.2 Å². The molecule has 0 aliphatic carbocycles. The summed E-state index contributed by atoms with van der Waals surface area (Å²) in [5, 5.41) is 23.5. The number of carboxylic acids is 2. The molecule has 2 rings (SSSR count). The van der Waals surface area contributed by atoms with Crippen molar-refractivity contribution in [2.24, 2.45) is 11.7 Å². The molecule has 1 fully saturated rings. The van der Waals surface area contributed by atoms with Crippen LogP contribution < -0.4 is 16.4 Å². The van der Waals surface area contributed by atoms with Crippen molar-refractivity contribution in [3.63, 3.8) is 0 Å². The van der Waals surface area contributed by atoms with Gasteiger partial charge < -0.3 is 36.5 Å². The Hall–Kier alpha value is -3.48. The number of hydrogen-bond acceptors (Lipinski definition) is 7. The highest BCUT2D eigenvalue weighted by Gasteiger charge is 2.38. The van der Waals surface area contributed by atoms with Crippen LogP contribution in [0.25, 0.3) is 0 Å². The van der Waals surface area contributed by atoms with Gasteiger partial charge >= 0.3 is 11.9 Å². The minimum atomic E-state index is -1.18. The van der Waals surface area contributed by atoms with Gasteiger partial charge in [-0.15, -0.1) is 0 Å². The molecule has 13 heteroatoms. The fraction of sp³-hybridized carbons (Fsp3) is 0.636. The van der Waals surface area contributed by atoms with Crippen LogP contribution in [-0.2, 0) is 30.4 Å². The summed E-state index contributed by atoms with van der Waals surface area (Å²) in [6.07, 6.45) is 4.03. The van der Waals surface area contributed by atoms with Gasteiger partial charge in [-0.25, -0.2) is 9.78 Å². The molecular weight excluding hydrogens is 460 g/mol. The average molecular weight is 495 g/mol. The van der Waals surface area contributed by atoms with E-state index in [1.54, 1.807) is 6.92 Å². The Morgan fingerprint density at radius 2 is 1.97 bits per heavy atom. The maximum absolute atomic E-state index is 13.1. The van der Waals surface area contributed by atoms with E-state index in [2.05, 4.69) is 20.6 Å². The number of nitrogens with one attached hydrogen (secondary N) is 3. The van der Waals surface area contributed by atoms with E-state index < -0.39 is 53.8 Å². The van der Waals surface area contributed by atoms with Gasteiger partial charge in [0.05, 0.1) is 12.4 Å². The number of nitrogens with two attached hydrogens (primary N) is 1. The fourth-order valence-corrected chi connectivity index (χ4v) is 3.95. The molecule has 1 aliphatic heterocycles. The number of carbonyl (C=O) groups excluding carboxylic acids is 3. The van der Waals surface area contributed by atoms with E-state index in [1.807, 2.05) is 6.92 Å². The monoisotopic (exact) mass is 494 g/mol. The minimum absolute atomic E-state index is 0.0310. The van der Waals surface area contributed by atoms with Gasteiger partial charge in [-0.1, -0.05) is 20.3 Å². The van der Waals surface area contributed by atoms with Gasteiger partial charge in [0.25, 0.3) is 0 Å². The van der Waals surface area contributed by atoms with Crippen LogP contribution in [-0.4, -0.2) is 85.5 Å². The molecule has 35 heavy (non-hydrogen) atoms. The van der Waals surface area contributed by atoms with Crippen LogP contribution in [0.5, 0.6) is 0 Å². The molecule has 0 aromatic carbocycles. The Labute approximate surface area is 202 Å². The molecule has 1 aromatic rings. The van der Waals surface area contributed by atoms with Crippen LogP contribution in [0, 0.1) is 5.92 Å². The molecule has 5 unspecified atom stereocenters. The second kappa shape index (κ2) is 12.8. The Morgan fingerprint density at radius 3 is 2.54 bits per heavy atom. The number of aromatic nitrogens is 2. The fourth-order valence-electron chi connectivity index (χ4n) is 3.95. The molecule has 7 N–H and O–H groups in total. The van der Waals surface area contributed by atoms with E-state index in [0.717, 1.165) is 0 Å². The van der Waals surface area contributed by atoms with Gasteiger partial charge in [0.1, 0.15) is 18.1 Å². The summed E-state index contributed by atoms with van der Waals surface area (Å²) in [7, 11) is 0. The van der Waals surface area contributed by atoms with Crippen LogP contribution in [0.3, 0.4) is 0 Å². The van der Waals surface area contributed by atoms with Gasteiger partial charge in [0, 0.05) is 31.3 Å². The first-order valence-corrected chi connectivity index (χ1v) is 11.6. The van der Waals surface area contributed by atoms with E-state index in [0.29, 0.717) is 25.0 Å². The molecule has 1 aromatic heterocycles. The Kier molecular flexibility index (Phi) is 10.2. The van der Waals surface area contributed by atoms with Crippen LogP contribution in [0.4, 0.5) is 0 Å². The largest absolute Gasteiger partial charge is 0.481 e. The lowest BCUT2D eigenvalue weighted by Gasteiger charge is -2.29. The van der Waals surface area contributed by atoms with E-state index in [4.69, 9.17) is 10.8 Å². The average Bonchev–Trinajstić information content (AvgIpc) is 3.51. The smallest absolute Gasteiger partial charge is 0.326 e. The molecule has 2 heterocycles. The van der Waals surface area contributed by atoms with Crippen LogP contribution in [0.2, 0.25) is 0 Å². The lowest BCUT2D eigenvalue weighted by Crippen LogP contribution is -2.57. The molecule has 0 bridgehead atoms. The predicted octanol–water partition coefficient (Wildman–Crippen LogP) is -0.764. The van der Waals surface area contributed by atoms with Gasteiger partial charge in [-0.3, -0.25) is 19.2 Å². The zero-order valence-electron chi connectivity index (χ0n) is 19.9. The first-order chi connectivity index (χ1) is 16.5. The third-order valence-electron chi connectivity index (χ3n) is 6.21. The van der Waals surface area contributed by atoms with E-state index in [9.17, 15) is 29.1 Å². The molecule has 1 aliphatic rings. The summed E-state index contributed by atoms with van der Waals surface area (Å²) < 4.78 is 0. The van der Waals surface area contributed by atoms with Crippen molar-refractivity contribution in [3.05, 3.63) is 18.2 Å². The molecule has 0 spiro atoms. The van der Waals surface area contributed by atoms with Crippen molar-refractivity contribution in [2.45, 2.75) is 76.5 Å². The zero-order chi connectivity index (χ0) is 26.1. The third kappa shape index (κ3) is 7.77. The number of aromatic amines is 1. The number of rotatable bonds is 13. The first kappa shape index (κ1) is 27.8. The number of nitrogens with zero attached hydrogens (tertiary/aromatic N) is 2. The van der Waals surface area contributed by atoms with Crippen LogP contribution in [0.15, 0.2) is 12.5 Å². The number of likely N-dealkylation sites (tertiary alicyclic amines) is 1. The lowest BCUT2D eigenvalue weighted by atomic mass is 9.98. The van der Waals surface area contributed by atoms with Crippen molar-refractivity contribution in [1.82, 2.24) is 25.5 Å². The molecule has 5 atom stereocenters. The molecule has 1 saturated heterocycles. The van der Waals surface area contributed by atoms with Crippen molar-refractivity contribution in [1.29, 1.82) is 0 Å². The maximum atomic E-state index is 13.1. The molecule has 13 nitrogen and oxygen atoms in total. The quantitative estimate of drug-likeness (QED) is 0.203. The van der Waals surface area contributed by atoms with Crippen molar-refractivity contribution < 1.29 is 34.2 Å². The number of carboxylic acid groups (broad SMARTS) is 2. The number of amides is 3. The second-order valence-corrected chi connectivity index (χ2v) is 8.78. The van der Waals surface area contributed by atoms with Gasteiger partial charge in [0.2, 0.25) is 17.7 Å².